The van der Waals surface area contributed by atoms with Crippen LogP contribution in [0.5, 0.6) is 0 Å². The molecular formula is C28H23F3N4O3. The Kier molecular flexibility index (Phi) is 6.95. The number of fused-ring (bicyclic) bond motifs is 1. The summed E-state index contributed by atoms with van der Waals surface area (Å²) < 4.78 is 53.8. The third-order valence-corrected chi connectivity index (χ3v) is 6.04. The number of halogens is 3. The van der Waals surface area contributed by atoms with Crippen LogP contribution in [-0.4, -0.2) is 32.5 Å². The van der Waals surface area contributed by atoms with E-state index in [1.54, 1.807) is 60.3 Å². The van der Waals surface area contributed by atoms with E-state index in [-0.39, 0.29) is 28.8 Å². The van der Waals surface area contributed by atoms with E-state index in [1.165, 1.54) is 6.07 Å². The Morgan fingerprint density at radius 2 is 1.79 bits per heavy atom. The van der Waals surface area contributed by atoms with Crippen LogP contribution in [0.25, 0.3) is 44.9 Å². The zero-order valence-corrected chi connectivity index (χ0v) is 20.4. The summed E-state index contributed by atoms with van der Waals surface area (Å²) in [6.07, 6.45) is -1.97. The third kappa shape index (κ3) is 5.29. The van der Waals surface area contributed by atoms with Crippen molar-refractivity contribution in [1.82, 2.24) is 19.9 Å². The molecule has 2 heterocycles. The molecule has 0 saturated heterocycles. The van der Waals surface area contributed by atoms with Gasteiger partial charge in [-0.3, -0.25) is 9.48 Å². The Bertz CT molecular complexity index is 1580. The van der Waals surface area contributed by atoms with Crippen molar-refractivity contribution < 1.29 is 27.2 Å². The summed E-state index contributed by atoms with van der Waals surface area (Å²) in [7, 11) is 0. The number of carbonyl (C=O) groups excluding carboxylic acids is 1. The molecule has 0 saturated carbocycles. The van der Waals surface area contributed by atoms with Gasteiger partial charge in [-0.05, 0) is 54.8 Å². The minimum Gasteiger partial charge on any atom is -0.466 e. The fraction of sp³-hybridized carbons (Fsp3) is 0.214. The van der Waals surface area contributed by atoms with Crippen LogP contribution in [0.2, 0.25) is 0 Å². The van der Waals surface area contributed by atoms with E-state index in [0.29, 0.717) is 37.1 Å². The number of rotatable bonds is 8. The zero-order chi connectivity index (χ0) is 26.7. The predicted octanol–water partition coefficient (Wildman–Crippen LogP) is 6.78. The maximum atomic E-state index is 13.9. The molecule has 5 rings (SSSR count). The van der Waals surface area contributed by atoms with Gasteiger partial charge in [-0.15, -0.1) is 0 Å². The Hall–Kier alpha value is -4.47. The normalized spacial score (nSPS) is 11.7. The molecule has 2 aromatic heterocycles. The number of aryl methyl sites for hydroxylation is 1. The number of hydrogen-bond acceptors (Lipinski definition) is 6. The second kappa shape index (κ2) is 10.5. The minimum atomic E-state index is -4.56. The molecule has 0 spiro atoms. The highest BCUT2D eigenvalue weighted by molar-refractivity contribution is 5.83. The fourth-order valence-electron chi connectivity index (χ4n) is 4.25. The van der Waals surface area contributed by atoms with Crippen molar-refractivity contribution in [3.05, 3.63) is 78.5 Å². The molecule has 0 aliphatic rings. The first-order valence-electron chi connectivity index (χ1n) is 12.1. The van der Waals surface area contributed by atoms with Gasteiger partial charge in [-0.25, -0.2) is 0 Å². The van der Waals surface area contributed by atoms with Gasteiger partial charge in [0.15, 0.2) is 0 Å². The lowest BCUT2D eigenvalue weighted by Gasteiger charge is -2.14. The second-order valence-corrected chi connectivity index (χ2v) is 8.60. The summed E-state index contributed by atoms with van der Waals surface area (Å²) in [5, 5.41) is 9.20. The molecule has 5 aromatic rings. The summed E-state index contributed by atoms with van der Waals surface area (Å²) in [6, 6.07) is 17.9. The average Bonchev–Trinajstić information content (AvgIpc) is 3.56. The van der Waals surface area contributed by atoms with E-state index in [4.69, 9.17) is 9.26 Å². The summed E-state index contributed by atoms with van der Waals surface area (Å²) in [5.41, 5.74) is 1.44. The molecule has 0 aliphatic carbocycles. The second-order valence-electron chi connectivity index (χ2n) is 8.60. The smallest absolute Gasteiger partial charge is 0.417 e. The number of hydrogen-bond donors (Lipinski definition) is 0. The molecule has 194 valence electrons. The molecule has 0 N–H and O–H groups in total. The molecule has 0 bridgehead atoms. The van der Waals surface area contributed by atoms with Crippen molar-refractivity contribution in [2.24, 2.45) is 0 Å². The molecule has 3 aromatic carbocycles. The number of benzene rings is 3. The number of esters is 1. The summed E-state index contributed by atoms with van der Waals surface area (Å²) in [6.45, 7) is 2.67. The van der Waals surface area contributed by atoms with Crippen LogP contribution < -0.4 is 0 Å². The van der Waals surface area contributed by atoms with E-state index < -0.39 is 11.7 Å². The van der Waals surface area contributed by atoms with Crippen LogP contribution in [0.15, 0.2) is 77.4 Å². The van der Waals surface area contributed by atoms with Gasteiger partial charge in [0.25, 0.3) is 5.89 Å². The highest BCUT2D eigenvalue weighted by atomic mass is 19.4. The van der Waals surface area contributed by atoms with Crippen LogP contribution in [0.4, 0.5) is 13.2 Å². The Balaban J connectivity index is 1.38. The molecule has 0 unspecified atom stereocenters. The summed E-state index contributed by atoms with van der Waals surface area (Å²) >= 11 is 0. The van der Waals surface area contributed by atoms with E-state index >= 15 is 0 Å². The molecule has 0 atom stereocenters. The molecule has 10 heteroatoms. The number of aromatic nitrogens is 4. The number of alkyl halides is 3. The topological polar surface area (TPSA) is 83.0 Å². The molecule has 0 fully saturated rings. The van der Waals surface area contributed by atoms with Crippen LogP contribution in [0.3, 0.4) is 0 Å². The van der Waals surface area contributed by atoms with Crippen molar-refractivity contribution in [2.75, 3.05) is 6.61 Å². The first-order chi connectivity index (χ1) is 18.3. The maximum Gasteiger partial charge on any atom is 0.417 e. The van der Waals surface area contributed by atoms with E-state index in [0.717, 1.165) is 17.0 Å². The Morgan fingerprint density at radius 1 is 1.00 bits per heavy atom. The maximum absolute atomic E-state index is 13.9. The van der Waals surface area contributed by atoms with E-state index in [9.17, 15) is 18.0 Å². The van der Waals surface area contributed by atoms with Crippen LogP contribution >= 0.6 is 0 Å². The van der Waals surface area contributed by atoms with Gasteiger partial charge in [0, 0.05) is 29.5 Å². The lowest BCUT2D eigenvalue weighted by Crippen LogP contribution is -2.07. The summed E-state index contributed by atoms with van der Waals surface area (Å²) in [4.78, 5) is 15.9. The van der Waals surface area contributed by atoms with Gasteiger partial charge in [-0.1, -0.05) is 41.6 Å². The highest BCUT2D eigenvalue weighted by Crippen LogP contribution is 2.39. The number of ether oxygens (including phenoxy) is 1. The van der Waals surface area contributed by atoms with Crippen molar-refractivity contribution in [2.45, 2.75) is 32.5 Å². The Labute approximate surface area is 215 Å². The van der Waals surface area contributed by atoms with Crippen molar-refractivity contribution in [3.8, 4) is 34.0 Å². The third-order valence-electron chi connectivity index (χ3n) is 6.04. The molecule has 0 amide bonds. The lowest BCUT2D eigenvalue weighted by molar-refractivity contribution is -0.143. The van der Waals surface area contributed by atoms with Crippen LogP contribution in [0.1, 0.15) is 25.3 Å². The molecule has 38 heavy (non-hydrogen) atoms. The molecule has 0 aliphatic heterocycles. The quantitative estimate of drug-likeness (QED) is 0.210. The number of nitrogens with zero attached hydrogens (tertiary/aromatic N) is 4. The zero-order valence-electron chi connectivity index (χ0n) is 20.4. The van der Waals surface area contributed by atoms with Gasteiger partial charge >= 0.3 is 12.1 Å². The lowest BCUT2D eigenvalue weighted by atomic mass is 9.97. The van der Waals surface area contributed by atoms with Crippen LogP contribution in [0, 0.1) is 0 Å². The van der Waals surface area contributed by atoms with Gasteiger partial charge in [0.2, 0.25) is 5.82 Å². The van der Waals surface area contributed by atoms with Crippen LogP contribution in [-0.2, 0) is 22.3 Å². The van der Waals surface area contributed by atoms with E-state index in [1.807, 2.05) is 12.1 Å². The first-order valence-corrected chi connectivity index (χ1v) is 12.1. The molecule has 7 nitrogen and oxygen atoms in total. The first kappa shape index (κ1) is 25.2. The predicted molar refractivity (Wildman–Crippen MR) is 135 cm³/mol. The van der Waals surface area contributed by atoms with Gasteiger partial charge < -0.3 is 9.26 Å². The SMILES string of the molecule is CCOC(=O)CCCn1ncc2cc(-c3noc(-c4ccc(-c5ccccc5)c(C(F)(F)F)c4)n3)ccc21. The van der Waals surface area contributed by atoms with Gasteiger partial charge in [0.05, 0.1) is 23.9 Å². The molecular weight excluding hydrogens is 497 g/mol. The Morgan fingerprint density at radius 3 is 2.55 bits per heavy atom. The van der Waals surface area contributed by atoms with Gasteiger partial charge in [-0.2, -0.15) is 23.3 Å². The highest BCUT2D eigenvalue weighted by Gasteiger charge is 2.34. The fourth-order valence-corrected chi connectivity index (χ4v) is 4.25. The summed E-state index contributed by atoms with van der Waals surface area (Å²) in [5.74, 6) is -0.00579. The largest absolute Gasteiger partial charge is 0.466 e. The van der Waals surface area contributed by atoms with Crippen molar-refractivity contribution in [3.63, 3.8) is 0 Å². The van der Waals surface area contributed by atoms with Crippen molar-refractivity contribution in [1.29, 1.82) is 0 Å². The monoisotopic (exact) mass is 520 g/mol. The van der Waals surface area contributed by atoms with E-state index in [2.05, 4.69) is 15.2 Å². The minimum absolute atomic E-state index is 0.0140. The van der Waals surface area contributed by atoms with Crippen molar-refractivity contribution >= 4 is 16.9 Å². The van der Waals surface area contributed by atoms with Gasteiger partial charge in [0.1, 0.15) is 0 Å². The number of carbonyl (C=O) groups is 1. The molecule has 0 radical (unpaired) electrons. The standard InChI is InChI=1S/C28H23F3N4O3/c1-2-37-25(36)9-6-14-35-24-13-11-19(15-21(24)17-32-35)26-33-27(38-34-26)20-10-12-22(18-7-4-3-5-8-18)23(16-20)28(29,30)31/h3-5,7-8,10-13,15-17H,2,6,9,14H2,1H3. The average molecular weight is 521 g/mol.